The zero-order valence-electron chi connectivity index (χ0n) is 14.1. The van der Waals surface area contributed by atoms with Crippen molar-refractivity contribution >= 4 is 23.2 Å². The molecule has 2 aliphatic rings. The third kappa shape index (κ3) is 4.81. The summed E-state index contributed by atoms with van der Waals surface area (Å²) in [6.07, 6.45) is 8.19. The second-order valence-corrected chi connectivity index (χ2v) is 6.95. The number of hydrogen-bond acceptors (Lipinski definition) is 3. The minimum Gasteiger partial charge on any atom is -0.326 e. The lowest BCUT2D eigenvalue weighted by Gasteiger charge is -2.21. The van der Waals surface area contributed by atoms with Gasteiger partial charge in [0.25, 0.3) is 0 Å². The molecule has 1 aromatic rings. The SMILES string of the molecule is O=C(CC1CCCN1)Nc1cccc(NC(=O)C2CCCCC2)c1. The molecular formula is C19H27N3O2. The average molecular weight is 329 g/mol. The van der Waals surface area contributed by atoms with Crippen molar-refractivity contribution in [1.29, 1.82) is 0 Å². The van der Waals surface area contributed by atoms with Crippen LogP contribution in [0.4, 0.5) is 11.4 Å². The van der Waals surface area contributed by atoms with E-state index in [1.54, 1.807) is 0 Å². The molecule has 0 radical (unpaired) electrons. The lowest BCUT2D eigenvalue weighted by atomic mass is 9.88. The Morgan fingerprint density at radius 2 is 1.75 bits per heavy atom. The van der Waals surface area contributed by atoms with E-state index in [1.807, 2.05) is 24.3 Å². The van der Waals surface area contributed by atoms with E-state index in [1.165, 1.54) is 6.42 Å². The van der Waals surface area contributed by atoms with Gasteiger partial charge in [-0.15, -0.1) is 0 Å². The van der Waals surface area contributed by atoms with Crippen molar-refractivity contribution in [2.75, 3.05) is 17.2 Å². The van der Waals surface area contributed by atoms with Gasteiger partial charge in [0, 0.05) is 29.8 Å². The van der Waals surface area contributed by atoms with E-state index in [-0.39, 0.29) is 17.7 Å². The summed E-state index contributed by atoms with van der Waals surface area (Å²) in [5.74, 6) is 0.254. The van der Waals surface area contributed by atoms with Gasteiger partial charge in [0.05, 0.1) is 0 Å². The molecule has 130 valence electrons. The Kier molecular flexibility index (Phi) is 5.86. The van der Waals surface area contributed by atoms with Crippen LogP contribution in [-0.4, -0.2) is 24.4 Å². The molecule has 2 amide bonds. The van der Waals surface area contributed by atoms with Crippen molar-refractivity contribution < 1.29 is 9.59 Å². The fourth-order valence-electron chi connectivity index (χ4n) is 3.65. The van der Waals surface area contributed by atoms with E-state index in [0.717, 1.165) is 56.4 Å². The maximum atomic E-state index is 12.3. The van der Waals surface area contributed by atoms with E-state index < -0.39 is 0 Å². The van der Waals surface area contributed by atoms with Gasteiger partial charge in [0.1, 0.15) is 0 Å². The van der Waals surface area contributed by atoms with Crippen LogP contribution < -0.4 is 16.0 Å². The van der Waals surface area contributed by atoms with Gasteiger partial charge in [-0.2, -0.15) is 0 Å². The van der Waals surface area contributed by atoms with Gasteiger partial charge in [-0.25, -0.2) is 0 Å². The first-order valence-corrected chi connectivity index (χ1v) is 9.15. The normalized spacial score (nSPS) is 21.4. The van der Waals surface area contributed by atoms with E-state index in [0.29, 0.717) is 12.5 Å². The minimum absolute atomic E-state index is 0.0187. The highest BCUT2D eigenvalue weighted by Gasteiger charge is 2.21. The summed E-state index contributed by atoms with van der Waals surface area (Å²) in [4.78, 5) is 24.4. The number of rotatable bonds is 5. The Morgan fingerprint density at radius 1 is 1.00 bits per heavy atom. The van der Waals surface area contributed by atoms with Crippen molar-refractivity contribution in [3.8, 4) is 0 Å². The molecule has 0 spiro atoms. The quantitative estimate of drug-likeness (QED) is 0.776. The van der Waals surface area contributed by atoms with Gasteiger partial charge >= 0.3 is 0 Å². The molecule has 1 atom stereocenters. The fraction of sp³-hybridized carbons (Fsp3) is 0.579. The zero-order chi connectivity index (χ0) is 16.8. The Balaban J connectivity index is 1.53. The second-order valence-electron chi connectivity index (χ2n) is 6.95. The molecule has 1 heterocycles. The Morgan fingerprint density at radius 3 is 2.46 bits per heavy atom. The molecule has 2 fully saturated rings. The first kappa shape index (κ1) is 17.0. The van der Waals surface area contributed by atoms with Crippen LogP contribution in [0.1, 0.15) is 51.4 Å². The summed E-state index contributed by atoms with van der Waals surface area (Å²) in [7, 11) is 0. The standard InChI is InChI=1S/C19H27N3O2/c23-18(13-15-10-5-11-20-15)21-16-8-4-9-17(12-16)22-19(24)14-6-2-1-3-7-14/h4,8-9,12,14-15,20H,1-3,5-7,10-11,13H2,(H,21,23)(H,22,24). The van der Waals surface area contributed by atoms with Crippen LogP contribution in [0.3, 0.4) is 0 Å². The van der Waals surface area contributed by atoms with Crippen LogP contribution in [0.2, 0.25) is 0 Å². The zero-order valence-corrected chi connectivity index (χ0v) is 14.1. The molecule has 1 saturated heterocycles. The molecule has 1 saturated carbocycles. The van der Waals surface area contributed by atoms with Gasteiger partial charge < -0.3 is 16.0 Å². The molecule has 1 unspecified atom stereocenters. The molecular weight excluding hydrogens is 302 g/mol. The number of carbonyl (C=O) groups excluding carboxylic acids is 2. The van der Waals surface area contributed by atoms with Crippen LogP contribution in [0, 0.1) is 5.92 Å². The van der Waals surface area contributed by atoms with Crippen LogP contribution in [-0.2, 0) is 9.59 Å². The molecule has 1 aliphatic heterocycles. The topological polar surface area (TPSA) is 70.2 Å². The number of benzene rings is 1. The van der Waals surface area contributed by atoms with Gasteiger partial charge in [0.15, 0.2) is 0 Å². The Bertz CT molecular complexity index is 576. The summed E-state index contributed by atoms with van der Waals surface area (Å²) >= 11 is 0. The van der Waals surface area contributed by atoms with Crippen molar-refractivity contribution in [3.63, 3.8) is 0 Å². The van der Waals surface area contributed by atoms with Crippen molar-refractivity contribution in [2.45, 2.75) is 57.4 Å². The molecule has 5 heteroatoms. The monoisotopic (exact) mass is 329 g/mol. The number of amides is 2. The maximum absolute atomic E-state index is 12.3. The molecule has 3 N–H and O–H groups in total. The molecule has 1 aromatic carbocycles. The molecule has 1 aliphatic carbocycles. The van der Waals surface area contributed by atoms with Crippen LogP contribution >= 0.6 is 0 Å². The summed E-state index contributed by atoms with van der Waals surface area (Å²) in [6, 6.07) is 7.71. The first-order chi connectivity index (χ1) is 11.7. The van der Waals surface area contributed by atoms with E-state index >= 15 is 0 Å². The molecule has 0 bridgehead atoms. The van der Waals surface area contributed by atoms with E-state index in [2.05, 4.69) is 16.0 Å². The third-order valence-electron chi connectivity index (χ3n) is 4.98. The fourth-order valence-corrected chi connectivity index (χ4v) is 3.65. The van der Waals surface area contributed by atoms with Gasteiger partial charge in [-0.1, -0.05) is 25.3 Å². The third-order valence-corrected chi connectivity index (χ3v) is 4.98. The molecule has 0 aromatic heterocycles. The van der Waals surface area contributed by atoms with Gasteiger partial charge in [0.2, 0.25) is 11.8 Å². The molecule has 5 nitrogen and oxygen atoms in total. The predicted molar refractivity (Wildman–Crippen MR) is 95.9 cm³/mol. The highest BCUT2D eigenvalue weighted by atomic mass is 16.2. The van der Waals surface area contributed by atoms with Crippen molar-refractivity contribution in [1.82, 2.24) is 5.32 Å². The highest BCUT2D eigenvalue weighted by molar-refractivity contribution is 5.95. The second kappa shape index (κ2) is 8.29. The minimum atomic E-state index is 0.0187. The number of anilines is 2. The Labute approximate surface area is 143 Å². The van der Waals surface area contributed by atoms with E-state index in [9.17, 15) is 9.59 Å². The number of hydrogen-bond donors (Lipinski definition) is 3. The lowest BCUT2D eigenvalue weighted by molar-refractivity contribution is -0.120. The predicted octanol–water partition coefficient (Wildman–Crippen LogP) is 3.29. The van der Waals surface area contributed by atoms with Crippen LogP contribution in [0.25, 0.3) is 0 Å². The summed E-state index contributed by atoms with van der Waals surface area (Å²) in [6.45, 7) is 1.00. The van der Waals surface area contributed by atoms with Gasteiger partial charge in [-0.3, -0.25) is 9.59 Å². The van der Waals surface area contributed by atoms with Gasteiger partial charge in [-0.05, 0) is 50.4 Å². The number of nitrogens with one attached hydrogen (secondary N) is 3. The number of carbonyl (C=O) groups is 2. The van der Waals surface area contributed by atoms with Crippen LogP contribution in [0.5, 0.6) is 0 Å². The Hall–Kier alpha value is -1.88. The summed E-state index contributed by atoms with van der Waals surface area (Å²) in [5.41, 5.74) is 1.49. The lowest BCUT2D eigenvalue weighted by Crippen LogP contribution is -2.27. The van der Waals surface area contributed by atoms with Crippen LogP contribution in [0.15, 0.2) is 24.3 Å². The summed E-state index contributed by atoms with van der Waals surface area (Å²) in [5, 5.41) is 9.26. The first-order valence-electron chi connectivity index (χ1n) is 9.15. The molecule has 3 rings (SSSR count). The molecule has 24 heavy (non-hydrogen) atoms. The largest absolute Gasteiger partial charge is 0.326 e. The highest BCUT2D eigenvalue weighted by Crippen LogP contribution is 2.25. The van der Waals surface area contributed by atoms with Crippen molar-refractivity contribution in [2.24, 2.45) is 5.92 Å². The van der Waals surface area contributed by atoms with E-state index in [4.69, 9.17) is 0 Å². The smallest absolute Gasteiger partial charge is 0.227 e. The average Bonchev–Trinajstić information content (AvgIpc) is 3.08. The maximum Gasteiger partial charge on any atom is 0.227 e. The summed E-state index contributed by atoms with van der Waals surface area (Å²) < 4.78 is 0. The van der Waals surface area contributed by atoms with Crippen molar-refractivity contribution in [3.05, 3.63) is 24.3 Å².